The Kier molecular flexibility index (Phi) is 3.40. The van der Waals surface area contributed by atoms with Crippen LogP contribution in [0.3, 0.4) is 0 Å². The lowest BCUT2D eigenvalue weighted by Gasteiger charge is -2.35. The fourth-order valence-corrected chi connectivity index (χ4v) is 1.16. The molecule has 1 radical (unpaired) electrons. The average Bonchev–Trinajstić information content (AvgIpc) is 2.19. The molecule has 0 bridgehead atoms. The molecule has 0 spiro atoms. The molecule has 5 atom stereocenters. The molecule has 5 unspecified atom stereocenters. The topological polar surface area (TPSA) is 116 Å². The van der Waals surface area contributed by atoms with Crippen molar-refractivity contribution in [2.75, 3.05) is 7.11 Å². The maximum Gasteiger partial charge on any atom is 0.337 e. The first-order valence-electron chi connectivity index (χ1n) is 3.92. The summed E-state index contributed by atoms with van der Waals surface area (Å²) in [6, 6.07) is 0. The van der Waals surface area contributed by atoms with Gasteiger partial charge in [0.2, 0.25) is 6.29 Å². The van der Waals surface area contributed by atoms with Crippen molar-refractivity contribution in [1.82, 2.24) is 0 Å². The Balaban J connectivity index is 2.75. The Morgan fingerprint density at radius 1 is 1.21 bits per heavy atom. The molecule has 0 amide bonds. The smallest absolute Gasteiger partial charge is 0.337 e. The Hall–Kier alpha value is -0.730. The maximum atomic E-state index is 10.9. The van der Waals surface area contributed by atoms with Crippen LogP contribution in [-0.2, 0) is 19.4 Å². The van der Waals surface area contributed by atoms with Crippen LogP contribution in [0.2, 0.25) is 0 Å². The van der Waals surface area contributed by atoms with Crippen molar-refractivity contribution in [2.24, 2.45) is 0 Å². The predicted molar refractivity (Wildman–Crippen MR) is 39.4 cm³/mol. The van der Waals surface area contributed by atoms with Gasteiger partial charge in [-0.3, -0.25) is 0 Å². The lowest BCUT2D eigenvalue weighted by Crippen LogP contribution is -2.59. The summed E-state index contributed by atoms with van der Waals surface area (Å²) in [6.45, 7) is 0. The first kappa shape index (κ1) is 11.3. The zero-order valence-electron chi connectivity index (χ0n) is 7.36. The summed E-state index contributed by atoms with van der Waals surface area (Å²) in [7, 11) is 1.05. The lowest BCUT2D eigenvalue weighted by molar-refractivity contribution is -0.297. The minimum Gasteiger partial charge on any atom is -0.467 e. The summed E-state index contributed by atoms with van der Waals surface area (Å²) < 4.78 is 8.68. The molecule has 14 heavy (non-hydrogen) atoms. The number of rotatable bonds is 1. The Bertz CT molecular complexity index is 218. The Morgan fingerprint density at radius 2 is 1.79 bits per heavy atom. The van der Waals surface area contributed by atoms with Crippen LogP contribution in [0.4, 0.5) is 0 Å². The molecule has 0 saturated carbocycles. The Labute approximate surface area is 79.5 Å². The van der Waals surface area contributed by atoms with Gasteiger partial charge >= 0.3 is 5.97 Å². The third kappa shape index (κ3) is 1.86. The van der Waals surface area contributed by atoms with E-state index >= 15 is 0 Å². The molecule has 1 aliphatic rings. The van der Waals surface area contributed by atoms with Crippen LogP contribution in [-0.4, -0.2) is 59.1 Å². The number of carbonyl (C=O) groups excluding carboxylic acids is 1. The van der Waals surface area contributed by atoms with E-state index in [2.05, 4.69) is 9.47 Å². The molecule has 0 aromatic heterocycles. The van der Waals surface area contributed by atoms with E-state index in [1.54, 1.807) is 0 Å². The fourth-order valence-electron chi connectivity index (χ4n) is 1.16. The number of methoxy groups -OCH3 is 1. The van der Waals surface area contributed by atoms with Crippen molar-refractivity contribution in [3.63, 3.8) is 0 Å². The van der Waals surface area contributed by atoms with Gasteiger partial charge in [0.25, 0.3) is 0 Å². The second-order valence-corrected chi connectivity index (χ2v) is 2.92. The SMILES string of the molecule is COC(=O)C1OC([O])C(O)C(O)C1O. The van der Waals surface area contributed by atoms with Crippen LogP contribution < -0.4 is 0 Å². The maximum absolute atomic E-state index is 10.9. The highest BCUT2D eigenvalue weighted by molar-refractivity contribution is 5.75. The molecule has 1 rings (SSSR count). The van der Waals surface area contributed by atoms with Gasteiger partial charge in [-0.1, -0.05) is 0 Å². The lowest BCUT2D eigenvalue weighted by atomic mass is 9.99. The molecular formula is C7H11O7. The van der Waals surface area contributed by atoms with Gasteiger partial charge in [-0.05, 0) is 0 Å². The van der Waals surface area contributed by atoms with E-state index in [-0.39, 0.29) is 0 Å². The van der Waals surface area contributed by atoms with E-state index in [1.807, 2.05) is 0 Å². The predicted octanol–water partition coefficient (Wildman–Crippen LogP) is -2.60. The summed E-state index contributed by atoms with van der Waals surface area (Å²) >= 11 is 0. The van der Waals surface area contributed by atoms with E-state index in [0.29, 0.717) is 0 Å². The normalized spacial score (nSPS) is 43.4. The summed E-state index contributed by atoms with van der Waals surface area (Å²) in [6.07, 6.45) is -8.66. The number of hydrogen-bond donors (Lipinski definition) is 3. The molecule has 1 aliphatic heterocycles. The minimum absolute atomic E-state index is 0.968. The first-order valence-corrected chi connectivity index (χ1v) is 3.92. The second kappa shape index (κ2) is 4.20. The highest BCUT2D eigenvalue weighted by Crippen LogP contribution is 2.20. The van der Waals surface area contributed by atoms with Crippen LogP contribution in [0, 0.1) is 0 Å². The van der Waals surface area contributed by atoms with E-state index in [0.717, 1.165) is 7.11 Å². The van der Waals surface area contributed by atoms with Crippen molar-refractivity contribution in [3.8, 4) is 0 Å². The van der Waals surface area contributed by atoms with Crippen molar-refractivity contribution in [2.45, 2.75) is 30.7 Å². The molecule has 7 nitrogen and oxygen atoms in total. The summed E-state index contributed by atoms with van der Waals surface area (Å²) in [5.41, 5.74) is 0. The van der Waals surface area contributed by atoms with Gasteiger partial charge < -0.3 is 24.8 Å². The number of esters is 1. The highest BCUT2D eigenvalue weighted by atomic mass is 16.7. The molecule has 1 fully saturated rings. The van der Waals surface area contributed by atoms with E-state index in [1.165, 1.54) is 0 Å². The number of carbonyl (C=O) groups is 1. The van der Waals surface area contributed by atoms with Crippen LogP contribution >= 0.6 is 0 Å². The second-order valence-electron chi connectivity index (χ2n) is 2.92. The number of ether oxygens (including phenoxy) is 2. The zero-order chi connectivity index (χ0) is 10.9. The fraction of sp³-hybridized carbons (Fsp3) is 0.857. The van der Waals surface area contributed by atoms with Gasteiger partial charge in [0.05, 0.1) is 7.11 Å². The summed E-state index contributed by atoms with van der Waals surface area (Å²) in [5.74, 6) is -0.968. The molecule has 7 heteroatoms. The molecule has 3 N–H and O–H groups in total. The van der Waals surface area contributed by atoms with Crippen LogP contribution in [0.1, 0.15) is 0 Å². The number of aliphatic hydroxyl groups is 3. The monoisotopic (exact) mass is 207 g/mol. The van der Waals surface area contributed by atoms with Crippen LogP contribution in [0.15, 0.2) is 0 Å². The van der Waals surface area contributed by atoms with Gasteiger partial charge in [0.15, 0.2) is 6.10 Å². The van der Waals surface area contributed by atoms with E-state index in [9.17, 15) is 15.0 Å². The third-order valence-electron chi connectivity index (χ3n) is 2.00. The molecule has 0 aromatic carbocycles. The molecule has 0 aromatic rings. The highest BCUT2D eigenvalue weighted by Gasteiger charge is 2.47. The number of hydrogen-bond acceptors (Lipinski definition) is 6. The van der Waals surface area contributed by atoms with Crippen LogP contribution in [0.25, 0.3) is 0 Å². The standard InChI is InChI=1S/C7H11O7/c1-13-7(12)5-3(9)2(8)4(10)6(11)14-5/h2-6,8-10H,1H3. The minimum atomic E-state index is -1.97. The zero-order valence-corrected chi connectivity index (χ0v) is 7.36. The number of aliphatic hydroxyl groups excluding tert-OH is 3. The molecule has 1 saturated heterocycles. The summed E-state index contributed by atoms with van der Waals surface area (Å²) in [5, 5.41) is 38.3. The third-order valence-corrected chi connectivity index (χ3v) is 2.00. The molecule has 81 valence electrons. The van der Waals surface area contributed by atoms with Gasteiger partial charge in [-0.2, -0.15) is 5.11 Å². The van der Waals surface area contributed by atoms with E-state index < -0.39 is 36.7 Å². The Morgan fingerprint density at radius 3 is 2.29 bits per heavy atom. The van der Waals surface area contributed by atoms with Crippen LogP contribution in [0.5, 0.6) is 0 Å². The van der Waals surface area contributed by atoms with Gasteiger partial charge in [0.1, 0.15) is 18.3 Å². The molecule has 0 aliphatic carbocycles. The molecule has 1 heterocycles. The van der Waals surface area contributed by atoms with Crippen molar-refractivity contribution in [1.29, 1.82) is 0 Å². The summed E-state index contributed by atoms with van der Waals surface area (Å²) in [4.78, 5) is 10.9. The van der Waals surface area contributed by atoms with Crippen molar-refractivity contribution < 1.29 is 34.7 Å². The molecular weight excluding hydrogens is 196 g/mol. The quantitative estimate of drug-likeness (QED) is 0.406. The largest absolute Gasteiger partial charge is 0.467 e. The van der Waals surface area contributed by atoms with Gasteiger partial charge in [0, 0.05) is 0 Å². The van der Waals surface area contributed by atoms with Gasteiger partial charge in [-0.15, -0.1) is 0 Å². The first-order chi connectivity index (χ1) is 6.49. The van der Waals surface area contributed by atoms with Crippen molar-refractivity contribution >= 4 is 5.97 Å². The average molecular weight is 207 g/mol. The van der Waals surface area contributed by atoms with Crippen molar-refractivity contribution in [3.05, 3.63) is 0 Å². The van der Waals surface area contributed by atoms with E-state index in [4.69, 9.17) is 10.2 Å². The van der Waals surface area contributed by atoms with Gasteiger partial charge in [-0.25, -0.2) is 4.79 Å².